The standard InChI is InChI=1S/C20H27N3O3S/c1-5-15(2)22-27(25,26)19-11-9-17(10-12-19)20(24)21-14-16-7-6-8-18(13-16)23(3)4/h6-13,15,22H,5,14H2,1-4H3,(H,21,24). The van der Waals surface area contributed by atoms with E-state index < -0.39 is 10.0 Å². The number of anilines is 1. The monoisotopic (exact) mass is 389 g/mol. The Kier molecular flexibility index (Phi) is 6.98. The van der Waals surface area contributed by atoms with Crippen LogP contribution in [0, 0.1) is 0 Å². The number of amides is 1. The molecule has 1 atom stereocenters. The summed E-state index contributed by atoms with van der Waals surface area (Å²) in [7, 11) is 0.355. The Morgan fingerprint density at radius 1 is 1.11 bits per heavy atom. The second-order valence-electron chi connectivity index (χ2n) is 6.70. The van der Waals surface area contributed by atoms with E-state index in [1.807, 2.05) is 57.1 Å². The topological polar surface area (TPSA) is 78.5 Å². The molecule has 0 radical (unpaired) electrons. The summed E-state index contributed by atoms with van der Waals surface area (Å²) in [6.07, 6.45) is 0.703. The normalized spacial score (nSPS) is 12.4. The number of carbonyl (C=O) groups excluding carboxylic acids is 1. The quantitative estimate of drug-likeness (QED) is 0.728. The van der Waals surface area contributed by atoms with Gasteiger partial charge in [-0.25, -0.2) is 13.1 Å². The molecule has 0 fully saturated rings. The van der Waals surface area contributed by atoms with Gasteiger partial charge in [-0.05, 0) is 55.3 Å². The number of benzene rings is 2. The Hall–Kier alpha value is -2.38. The summed E-state index contributed by atoms with van der Waals surface area (Å²) in [4.78, 5) is 14.5. The van der Waals surface area contributed by atoms with Crippen molar-refractivity contribution in [2.45, 2.75) is 37.8 Å². The third-order valence-corrected chi connectivity index (χ3v) is 5.88. The molecule has 0 saturated heterocycles. The van der Waals surface area contributed by atoms with Crippen LogP contribution < -0.4 is 14.9 Å². The molecule has 1 amide bonds. The largest absolute Gasteiger partial charge is 0.378 e. The zero-order valence-corrected chi connectivity index (χ0v) is 17.0. The Balaban J connectivity index is 2.02. The van der Waals surface area contributed by atoms with Gasteiger partial charge in [0.2, 0.25) is 10.0 Å². The van der Waals surface area contributed by atoms with Crippen LogP contribution in [0.2, 0.25) is 0 Å². The first-order valence-corrected chi connectivity index (χ1v) is 10.4. The Labute approximate surface area is 161 Å². The molecule has 7 heteroatoms. The first-order valence-electron chi connectivity index (χ1n) is 8.89. The first kappa shape index (κ1) is 20.9. The molecule has 0 heterocycles. The summed E-state index contributed by atoms with van der Waals surface area (Å²) in [5, 5.41) is 2.86. The predicted molar refractivity (Wildman–Crippen MR) is 108 cm³/mol. The lowest BCUT2D eigenvalue weighted by molar-refractivity contribution is 0.0951. The van der Waals surface area contributed by atoms with Gasteiger partial charge in [-0.2, -0.15) is 0 Å². The van der Waals surface area contributed by atoms with Crippen molar-refractivity contribution in [3.63, 3.8) is 0 Å². The molecule has 0 aromatic heterocycles. The maximum atomic E-state index is 12.3. The molecule has 0 aliphatic heterocycles. The Bertz CT molecular complexity index is 878. The van der Waals surface area contributed by atoms with Crippen molar-refractivity contribution in [2.75, 3.05) is 19.0 Å². The molecular weight excluding hydrogens is 362 g/mol. The van der Waals surface area contributed by atoms with E-state index in [1.165, 1.54) is 24.3 Å². The van der Waals surface area contributed by atoms with Crippen LogP contribution in [0.15, 0.2) is 53.4 Å². The van der Waals surface area contributed by atoms with E-state index in [0.29, 0.717) is 18.5 Å². The van der Waals surface area contributed by atoms with Crippen LogP contribution in [0.1, 0.15) is 36.2 Å². The highest BCUT2D eigenvalue weighted by molar-refractivity contribution is 7.89. The minimum atomic E-state index is -3.57. The second-order valence-corrected chi connectivity index (χ2v) is 8.42. The zero-order valence-electron chi connectivity index (χ0n) is 16.2. The molecule has 1 unspecified atom stereocenters. The van der Waals surface area contributed by atoms with Crippen molar-refractivity contribution < 1.29 is 13.2 Å². The number of rotatable bonds is 8. The van der Waals surface area contributed by atoms with E-state index in [4.69, 9.17) is 0 Å². The Morgan fingerprint density at radius 3 is 2.37 bits per heavy atom. The lowest BCUT2D eigenvalue weighted by Crippen LogP contribution is -2.32. The fraction of sp³-hybridized carbons (Fsp3) is 0.350. The fourth-order valence-electron chi connectivity index (χ4n) is 2.43. The molecule has 0 bridgehead atoms. The fourth-order valence-corrected chi connectivity index (χ4v) is 3.76. The van der Waals surface area contributed by atoms with E-state index in [1.54, 1.807) is 0 Å². The van der Waals surface area contributed by atoms with Crippen LogP contribution in [-0.4, -0.2) is 34.5 Å². The maximum absolute atomic E-state index is 12.3. The summed E-state index contributed by atoms with van der Waals surface area (Å²) >= 11 is 0. The van der Waals surface area contributed by atoms with Gasteiger partial charge in [0.1, 0.15) is 0 Å². The van der Waals surface area contributed by atoms with Gasteiger partial charge in [-0.3, -0.25) is 4.79 Å². The highest BCUT2D eigenvalue weighted by Gasteiger charge is 2.17. The van der Waals surface area contributed by atoms with Crippen molar-refractivity contribution in [3.05, 3.63) is 59.7 Å². The molecule has 0 saturated carbocycles. The molecule has 0 aliphatic carbocycles. The molecule has 146 valence electrons. The molecule has 6 nitrogen and oxygen atoms in total. The van der Waals surface area contributed by atoms with E-state index in [0.717, 1.165) is 11.3 Å². The van der Waals surface area contributed by atoms with Crippen LogP contribution in [0.4, 0.5) is 5.69 Å². The van der Waals surface area contributed by atoms with Gasteiger partial charge < -0.3 is 10.2 Å². The van der Waals surface area contributed by atoms with Crippen LogP contribution in [0.5, 0.6) is 0 Å². The van der Waals surface area contributed by atoms with Gasteiger partial charge in [0, 0.05) is 37.9 Å². The van der Waals surface area contributed by atoms with Gasteiger partial charge in [-0.15, -0.1) is 0 Å². The molecule has 0 aliphatic rings. The van der Waals surface area contributed by atoms with Gasteiger partial charge in [0.25, 0.3) is 5.91 Å². The number of nitrogens with zero attached hydrogens (tertiary/aromatic N) is 1. The van der Waals surface area contributed by atoms with Gasteiger partial charge in [0.15, 0.2) is 0 Å². The minimum absolute atomic E-state index is 0.143. The van der Waals surface area contributed by atoms with Crippen molar-refractivity contribution in [3.8, 4) is 0 Å². The number of carbonyl (C=O) groups is 1. The highest BCUT2D eigenvalue weighted by atomic mass is 32.2. The first-order chi connectivity index (χ1) is 12.7. The second kappa shape index (κ2) is 9.01. The zero-order chi connectivity index (χ0) is 20.0. The molecule has 0 spiro atoms. The third-order valence-electron chi connectivity index (χ3n) is 4.28. The van der Waals surface area contributed by atoms with Crippen molar-refractivity contribution in [1.82, 2.24) is 10.0 Å². The number of hydrogen-bond acceptors (Lipinski definition) is 4. The average molecular weight is 390 g/mol. The summed E-state index contributed by atoms with van der Waals surface area (Å²) in [5.74, 6) is -0.246. The van der Waals surface area contributed by atoms with Crippen molar-refractivity contribution in [2.24, 2.45) is 0 Å². The summed E-state index contributed by atoms with van der Waals surface area (Å²) in [5.41, 5.74) is 2.47. The van der Waals surface area contributed by atoms with Crippen molar-refractivity contribution in [1.29, 1.82) is 0 Å². The summed E-state index contributed by atoms with van der Waals surface area (Å²) in [6, 6.07) is 13.7. The number of nitrogens with one attached hydrogen (secondary N) is 2. The van der Waals surface area contributed by atoms with E-state index in [9.17, 15) is 13.2 Å². The minimum Gasteiger partial charge on any atom is -0.378 e. The van der Waals surface area contributed by atoms with E-state index in [2.05, 4.69) is 10.0 Å². The third kappa shape index (κ3) is 5.80. The molecule has 2 aromatic rings. The van der Waals surface area contributed by atoms with Crippen LogP contribution in [-0.2, 0) is 16.6 Å². The number of hydrogen-bond donors (Lipinski definition) is 2. The van der Waals surface area contributed by atoms with Gasteiger partial charge >= 0.3 is 0 Å². The summed E-state index contributed by atoms with van der Waals surface area (Å²) < 4.78 is 27.1. The molecular formula is C20H27N3O3S. The smallest absolute Gasteiger partial charge is 0.251 e. The maximum Gasteiger partial charge on any atom is 0.251 e. The lowest BCUT2D eigenvalue weighted by Gasteiger charge is -2.14. The highest BCUT2D eigenvalue weighted by Crippen LogP contribution is 2.14. The summed E-state index contributed by atoms with van der Waals surface area (Å²) in [6.45, 7) is 4.12. The van der Waals surface area contributed by atoms with Crippen molar-refractivity contribution >= 4 is 21.6 Å². The molecule has 2 aromatic carbocycles. The molecule has 2 rings (SSSR count). The van der Waals surface area contributed by atoms with Crippen LogP contribution in [0.3, 0.4) is 0 Å². The molecule has 2 N–H and O–H groups in total. The number of sulfonamides is 1. The van der Waals surface area contributed by atoms with Gasteiger partial charge in [0.05, 0.1) is 4.90 Å². The SMILES string of the molecule is CCC(C)NS(=O)(=O)c1ccc(C(=O)NCc2cccc(N(C)C)c2)cc1. The predicted octanol–water partition coefficient (Wildman–Crippen LogP) is 2.76. The average Bonchev–Trinajstić information content (AvgIpc) is 2.66. The Morgan fingerprint density at radius 2 is 1.78 bits per heavy atom. The lowest BCUT2D eigenvalue weighted by atomic mass is 10.1. The van der Waals surface area contributed by atoms with E-state index in [-0.39, 0.29) is 16.8 Å². The van der Waals surface area contributed by atoms with Crippen LogP contribution >= 0.6 is 0 Å². The molecule has 27 heavy (non-hydrogen) atoms. The van der Waals surface area contributed by atoms with Crippen LogP contribution in [0.25, 0.3) is 0 Å². The van der Waals surface area contributed by atoms with E-state index >= 15 is 0 Å². The van der Waals surface area contributed by atoms with Gasteiger partial charge in [-0.1, -0.05) is 19.1 Å².